The fraction of sp³-hybridized carbons (Fsp3) is 0.429. The summed E-state index contributed by atoms with van der Waals surface area (Å²) in [4.78, 5) is 44.9. The molecule has 0 radical (unpaired) electrons. The summed E-state index contributed by atoms with van der Waals surface area (Å²) in [5.74, 6) is 0. The molecule has 2 aromatic rings. The number of rotatable bonds is 2. The van der Waals surface area contributed by atoms with Crippen molar-refractivity contribution in [2.24, 2.45) is 0 Å². The fourth-order valence-electron chi connectivity index (χ4n) is 2.63. The second-order valence-corrected chi connectivity index (χ2v) is 5.21. The highest BCUT2D eigenvalue weighted by atomic mass is 16.2. The third-order valence-corrected chi connectivity index (χ3v) is 3.74. The first kappa shape index (κ1) is 13.7. The molecule has 0 aromatic carbocycles. The van der Waals surface area contributed by atoms with Crippen LogP contribution in [0.15, 0.2) is 32.7 Å². The summed E-state index contributed by atoms with van der Waals surface area (Å²) < 4.78 is 1.01. The summed E-state index contributed by atoms with van der Waals surface area (Å²) in [6.07, 6.45) is 4.71. The highest BCUT2D eigenvalue weighted by Gasteiger charge is 2.14. The molecule has 1 aliphatic rings. The van der Waals surface area contributed by atoms with Crippen LogP contribution in [0.2, 0.25) is 0 Å². The molecule has 0 aliphatic carbocycles. The maximum atomic E-state index is 12.5. The molecule has 0 unspecified atom stereocenters. The van der Waals surface area contributed by atoms with Crippen LogP contribution in [-0.4, -0.2) is 32.5 Å². The Balaban J connectivity index is 2.19. The third-order valence-electron chi connectivity index (χ3n) is 3.74. The van der Waals surface area contributed by atoms with Gasteiger partial charge in [-0.1, -0.05) is 6.42 Å². The number of hydrogen-bond donors (Lipinski definition) is 1. The first-order chi connectivity index (χ1) is 10.2. The molecule has 21 heavy (non-hydrogen) atoms. The first-order valence-electron chi connectivity index (χ1n) is 7.01. The van der Waals surface area contributed by atoms with Crippen molar-refractivity contribution in [3.05, 3.63) is 49.4 Å². The van der Waals surface area contributed by atoms with E-state index in [4.69, 9.17) is 0 Å². The molecule has 1 fully saturated rings. The van der Waals surface area contributed by atoms with Gasteiger partial charge in [0.15, 0.2) is 0 Å². The largest absolute Gasteiger partial charge is 0.320 e. The van der Waals surface area contributed by atoms with Gasteiger partial charge in [-0.25, -0.2) is 4.98 Å². The van der Waals surface area contributed by atoms with Gasteiger partial charge >= 0.3 is 11.1 Å². The normalized spacial score (nSPS) is 16.2. The van der Waals surface area contributed by atoms with Crippen LogP contribution in [0.5, 0.6) is 0 Å². The van der Waals surface area contributed by atoms with Crippen LogP contribution in [-0.2, 0) is 6.67 Å². The summed E-state index contributed by atoms with van der Waals surface area (Å²) >= 11 is 0. The molecular formula is C14H16N4O3. The van der Waals surface area contributed by atoms with Crippen LogP contribution in [0.1, 0.15) is 19.3 Å². The lowest BCUT2D eigenvalue weighted by Crippen LogP contribution is -2.44. The molecule has 1 N–H and O–H groups in total. The van der Waals surface area contributed by atoms with Crippen molar-refractivity contribution in [3.8, 4) is 0 Å². The maximum absolute atomic E-state index is 12.5. The van der Waals surface area contributed by atoms with E-state index in [9.17, 15) is 14.4 Å². The van der Waals surface area contributed by atoms with E-state index in [1.54, 1.807) is 12.1 Å². The van der Waals surface area contributed by atoms with E-state index in [1.807, 2.05) is 4.90 Å². The number of nitrogens with one attached hydrogen (secondary N) is 1. The molecule has 2 aromatic heterocycles. The zero-order valence-electron chi connectivity index (χ0n) is 11.5. The Hall–Kier alpha value is -2.28. The van der Waals surface area contributed by atoms with E-state index in [2.05, 4.69) is 9.97 Å². The van der Waals surface area contributed by atoms with E-state index in [0.29, 0.717) is 0 Å². The van der Waals surface area contributed by atoms with Gasteiger partial charge in [-0.3, -0.25) is 23.9 Å². The third kappa shape index (κ3) is 2.64. The van der Waals surface area contributed by atoms with Crippen LogP contribution >= 0.6 is 0 Å². The average Bonchev–Trinajstić information content (AvgIpc) is 2.60. The number of fused-ring (bicyclic) bond motifs is 1. The fourth-order valence-corrected chi connectivity index (χ4v) is 2.63. The van der Waals surface area contributed by atoms with Crippen molar-refractivity contribution in [3.63, 3.8) is 0 Å². The zero-order chi connectivity index (χ0) is 14.8. The smallest absolute Gasteiger partial charge is 0.302 e. The van der Waals surface area contributed by atoms with Crippen LogP contribution in [0.3, 0.4) is 0 Å². The molecule has 0 spiro atoms. The second-order valence-electron chi connectivity index (χ2n) is 5.21. The molecule has 3 rings (SSSR count). The van der Waals surface area contributed by atoms with Gasteiger partial charge in [-0.15, -0.1) is 0 Å². The van der Waals surface area contributed by atoms with Gasteiger partial charge in [0.2, 0.25) is 0 Å². The molecule has 7 nitrogen and oxygen atoms in total. The number of aromatic amines is 1. The van der Waals surface area contributed by atoms with Crippen LogP contribution in [0, 0.1) is 0 Å². The summed E-state index contributed by atoms with van der Waals surface area (Å²) in [5.41, 5.74) is -1.99. The number of H-pyrrole nitrogens is 1. The predicted molar refractivity (Wildman–Crippen MR) is 78.3 cm³/mol. The Labute approximate surface area is 119 Å². The number of aromatic nitrogens is 3. The van der Waals surface area contributed by atoms with Gasteiger partial charge in [0.05, 0.1) is 12.1 Å². The molecular weight excluding hydrogens is 272 g/mol. The van der Waals surface area contributed by atoms with Crippen LogP contribution in [0.4, 0.5) is 0 Å². The molecule has 0 amide bonds. The van der Waals surface area contributed by atoms with E-state index in [0.717, 1.165) is 36.9 Å². The maximum Gasteiger partial charge on any atom is 0.320 e. The van der Waals surface area contributed by atoms with Crippen molar-refractivity contribution in [1.29, 1.82) is 0 Å². The van der Waals surface area contributed by atoms with Crippen molar-refractivity contribution in [1.82, 2.24) is 19.4 Å². The molecule has 0 bridgehead atoms. The van der Waals surface area contributed by atoms with Gasteiger partial charge in [0.1, 0.15) is 5.65 Å². The SMILES string of the molecule is O=c1[nH]c2ncccc2c(=O)n(CN2CCCCC2)c1=O. The van der Waals surface area contributed by atoms with Crippen LogP contribution < -0.4 is 16.7 Å². The van der Waals surface area contributed by atoms with E-state index in [-0.39, 0.29) is 17.7 Å². The lowest BCUT2D eigenvalue weighted by molar-refractivity contribution is 0.178. The summed E-state index contributed by atoms with van der Waals surface area (Å²) in [5, 5.41) is 0.244. The lowest BCUT2D eigenvalue weighted by atomic mass is 10.1. The Morgan fingerprint density at radius 2 is 1.86 bits per heavy atom. The van der Waals surface area contributed by atoms with Crippen molar-refractivity contribution in [2.45, 2.75) is 25.9 Å². The van der Waals surface area contributed by atoms with Crippen molar-refractivity contribution < 1.29 is 0 Å². The average molecular weight is 288 g/mol. The number of nitrogens with zero attached hydrogens (tertiary/aromatic N) is 3. The molecule has 1 saturated heterocycles. The molecule has 0 atom stereocenters. The van der Waals surface area contributed by atoms with Gasteiger partial charge < -0.3 is 4.98 Å². The minimum absolute atomic E-state index is 0.141. The zero-order valence-corrected chi connectivity index (χ0v) is 11.5. The summed E-state index contributed by atoms with van der Waals surface area (Å²) in [6.45, 7) is 1.82. The van der Waals surface area contributed by atoms with Gasteiger partial charge in [-0.2, -0.15) is 0 Å². The summed E-state index contributed by atoms with van der Waals surface area (Å²) in [6, 6.07) is 3.17. The molecule has 1 aliphatic heterocycles. The number of pyridine rings is 1. The van der Waals surface area contributed by atoms with Crippen molar-refractivity contribution >= 4 is 11.0 Å². The van der Waals surface area contributed by atoms with Gasteiger partial charge in [-0.05, 0) is 38.1 Å². The Morgan fingerprint density at radius 3 is 2.62 bits per heavy atom. The van der Waals surface area contributed by atoms with Crippen LogP contribution in [0.25, 0.3) is 11.0 Å². The molecule has 110 valence electrons. The monoisotopic (exact) mass is 288 g/mol. The lowest BCUT2D eigenvalue weighted by Gasteiger charge is -2.26. The Kier molecular flexibility index (Phi) is 3.66. The molecule has 0 saturated carbocycles. The van der Waals surface area contributed by atoms with E-state index in [1.165, 1.54) is 6.20 Å². The summed E-state index contributed by atoms with van der Waals surface area (Å²) in [7, 11) is 0. The Bertz CT molecular complexity index is 834. The van der Waals surface area contributed by atoms with Gasteiger partial charge in [0.25, 0.3) is 5.56 Å². The topological polar surface area (TPSA) is 88.1 Å². The van der Waals surface area contributed by atoms with E-state index < -0.39 is 16.7 Å². The predicted octanol–water partition coefficient (Wildman–Crippen LogP) is -0.112. The minimum Gasteiger partial charge on any atom is -0.302 e. The molecule has 3 heterocycles. The highest BCUT2D eigenvalue weighted by Crippen LogP contribution is 2.08. The highest BCUT2D eigenvalue weighted by molar-refractivity contribution is 5.72. The van der Waals surface area contributed by atoms with Crippen molar-refractivity contribution in [2.75, 3.05) is 13.1 Å². The van der Waals surface area contributed by atoms with Gasteiger partial charge in [0, 0.05) is 6.20 Å². The Morgan fingerprint density at radius 1 is 1.10 bits per heavy atom. The molecule has 7 heteroatoms. The minimum atomic E-state index is -0.830. The van der Waals surface area contributed by atoms with E-state index >= 15 is 0 Å². The number of hydrogen-bond acceptors (Lipinski definition) is 5. The number of likely N-dealkylation sites (tertiary alicyclic amines) is 1. The number of piperidine rings is 1. The first-order valence-corrected chi connectivity index (χ1v) is 7.01. The second kappa shape index (κ2) is 5.61. The standard InChI is InChI=1S/C14H16N4O3/c19-12-14(21)18(9-17-7-2-1-3-8-17)13(20)10-5-4-6-15-11(10)16-12/h4-6H,1-3,7-9H2,(H,15,16,19). The quantitative estimate of drug-likeness (QED) is 0.779.